The molecule has 0 aromatic heterocycles. The molecule has 208 valence electrons. The number of amides is 3. The average Bonchev–Trinajstić information content (AvgIpc) is 3.00. The Morgan fingerprint density at radius 1 is 0.950 bits per heavy atom. The van der Waals surface area contributed by atoms with E-state index in [0.717, 1.165) is 24.0 Å². The standard InChI is InChI=1S/C31H34N4O5/c1-20-5-8-25(30(36)35-13-11-24(12-14-35)23-9-6-21(18-32)7-10-23)17-26(20)34-31(37)33-19-22-15-27(38-2)29(40-4)28(16-22)39-3/h5-10,15-17,24H,11-14,19H2,1-4H3,(H2,33,34,37). The van der Waals surface area contributed by atoms with Crippen molar-refractivity contribution in [3.8, 4) is 23.3 Å². The molecule has 1 saturated heterocycles. The number of rotatable bonds is 8. The number of aryl methyl sites for hydroxylation is 1. The van der Waals surface area contributed by atoms with Crippen molar-refractivity contribution >= 4 is 17.6 Å². The van der Waals surface area contributed by atoms with Crippen LogP contribution < -0.4 is 24.8 Å². The highest BCUT2D eigenvalue weighted by atomic mass is 16.5. The maximum Gasteiger partial charge on any atom is 0.319 e. The van der Waals surface area contributed by atoms with Gasteiger partial charge in [-0.15, -0.1) is 0 Å². The summed E-state index contributed by atoms with van der Waals surface area (Å²) >= 11 is 0. The van der Waals surface area contributed by atoms with E-state index in [1.807, 2.05) is 42.2 Å². The van der Waals surface area contributed by atoms with Crippen LogP contribution in [0.1, 0.15) is 51.4 Å². The Bertz CT molecular complexity index is 1380. The average molecular weight is 543 g/mol. The lowest BCUT2D eigenvalue weighted by Crippen LogP contribution is -2.38. The smallest absolute Gasteiger partial charge is 0.319 e. The summed E-state index contributed by atoms with van der Waals surface area (Å²) in [6.45, 7) is 3.41. The van der Waals surface area contributed by atoms with E-state index in [4.69, 9.17) is 19.5 Å². The van der Waals surface area contributed by atoms with Gasteiger partial charge in [0, 0.05) is 30.9 Å². The van der Waals surface area contributed by atoms with Gasteiger partial charge in [-0.3, -0.25) is 4.79 Å². The molecule has 0 atom stereocenters. The Morgan fingerprint density at radius 2 is 1.60 bits per heavy atom. The minimum Gasteiger partial charge on any atom is -0.493 e. The fraction of sp³-hybridized carbons (Fsp3) is 0.323. The Balaban J connectivity index is 1.36. The first kappa shape index (κ1) is 28.3. The lowest BCUT2D eigenvalue weighted by Gasteiger charge is -2.32. The van der Waals surface area contributed by atoms with Crippen LogP contribution in [0.2, 0.25) is 0 Å². The minimum absolute atomic E-state index is 0.0563. The Labute approximate surface area is 234 Å². The van der Waals surface area contributed by atoms with Crippen molar-refractivity contribution in [1.82, 2.24) is 10.2 Å². The van der Waals surface area contributed by atoms with Crippen LogP contribution in [-0.2, 0) is 6.54 Å². The summed E-state index contributed by atoms with van der Waals surface area (Å²) in [6, 6.07) is 18.4. The van der Waals surface area contributed by atoms with E-state index < -0.39 is 6.03 Å². The largest absolute Gasteiger partial charge is 0.493 e. The molecule has 0 unspecified atom stereocenters. The third-order valence-corrected chi connectivity index (χ3v) is 7.20. The topological polar surface area (TPSA) is 113 Å². The lowest BCUT2D eigenvalue weighted by molar-refractivity contribution is 0.0713. The van der Waals surface area contributed by atoms with E-state index in [-0.39, 0.29) is 12.5 Å². The number of anilines is 1. The molecule has 1 heterocycles. The molecule has 4 rings (SSSR count). The predicted molar refractivity (Wildman–Crippen MR) is 152 cm³/mol. The summed E-state index contributed by atoms with van der Waals surface area (Å²) in [5, 5.41) is 14.7. The normalized spacial score (nSPS) is 13.2. The third kappa shape index (κ3) is 6.46. The van der Waals surface area contributed by atoms with Crippen LogP contribution in [0.15, 0.2) is 54.6 Å². The fourth-order valence-electron chi connectivity index (χ4n) is 4.90. The van der Waals surface area contributed by atoms with Gasteiger partial charge in [-0.1, -0.05) is 18.2 Å². The zero-order valence-corrected chi connectivity index (χ0v) is 23.2. The molecule has 9 heteroatoms. The van der Waals surface area contributed by atoms with Crippen molar-refractivity contribution in [3.05, 3.63) is 82.4 Å². The second kappa shape index (κ2) is 12.9. The Hall–Kier alpha value is -4.71. The second-order valence-corrected chi connectivity index (χ2v) is 9.67. The number of nitriles is 1. The molecule has 3 amide bonds. The molecular formula is C31H34N4O5. The van der Waals surface area contributed by atoms with Gasteiger partial charge in [0.1, 0.15) is 0 Å². The number of likely N-dealkylation sites (tertiary alicyclic amines) is 1. The maximum atomic E-state index is 13.3. The summed E-state index contributed by atoms with van der Waals surface area (Å²) in [5.41, 5.74) is 4.57. The van der Waals surface area contributed by atoms with Crippen molar-refractivity contribution in [1.29, 1.82) is 5.26 Å². The van der Waals surface area contributed by atoms with Gasteiger partial charge in [-0.2, -0.15) is 5.26 Å². The van der Waals surface area contributed by atoms with E-state index in [1.54, 1.807) is 24.3 Å². The molecular weight excluding hydrogens is 508 g/mol. The van der Waals surface area contributed by atoms with Crippen LogP contribution in [0, 0.1) is 18.3 Å². The van der Waals surface area contributed by atoms with E-state index >= 15 is 0 Å². The quantitative estimate of drug-likeness (QED) is 0.403. The van der Waals surface area contributed by atoms with Crippen molar-refractivity contribution in [3.63, 3.8) is 0 Å². The monoisotopic (exact) mass is 542 g/mol. The van der Waals surface area contributed by atoms with Crippen LogP contribution in [0.25, 0.3) is 0 Å². The summed E-state index contributed by atoms with van der Waals surface area (Å²) in [6.07, 6.45) is 1.72. The Kier molecular flexibility index (Phi) is 9.12. The number of hydrogen-bond donors (Lipinski definition) is 2. The zero-order chi connectivity index (χ0) is 28.6. The number of nitrogens with one attached hydrogen (secondary N) is 2. The van der Waals surface area contributed by atoms with E-state index in [0.29, 0.717) is 53.1 Å². The number of carbonyl (C=O) groups excluding carboxylic acids is 2. The molecule has 0 spiro atoms. The number of nitrogens with zero attached hydrogens (tertiary/aromatic N) is 2. The summed E-state index contributed by atoms with van der Waals surface area (Å²) in [4.78, 5) is 27.9. The number of benzene rings is 3. The molecule has 1 aliphatic heterocycles. The van der Waals surface area contributed by atoms with Gasteiger partial charge in [0.15, 0.2) is 11.5 Å². The van der Waals surface area contributed by atoms with Crippen molar-refractivity contribution in [2.75, 3.05) is 39.7 Å². The highest BCUT2D eigenvalue weighted by Gasteiger charge is 2.25. The molecule has 0 saturated carbocycles. The van der Waals surface area contributed by atoms with Gasteiger partial charge in [0.2, 0.25) is 5.75 Å². The van der Waals surface area contributed by atoms with Gasteiger partial charge in [0.05, 0.1) is 33.0 Å². The van der Waals surface area contributed by atoms with E-state index in [9.17, 15) is 9.59 Å². The predicted octanol–water partition coefficient (Wildman–Crippen LogP) is 5.23. The molecule has 0 radical (unpaired) electrons. The summed E-state index contributed by atoms with van der Waals surface area (Å²) < 4.78 is 16.1. The molecule has 1 fully saturated rings. The third-order valence-electron chi connectivity index (χ3n) is 7.20. The molecule has 1 aliphatic rings. The fourth-order valence-corrected chi connectivity index (χ4v) is 4.90. The zero-order valence-electron chi connectivity index (χ0n) is 23.2. The molecule has 2 N–H and O–H groups in total. The van der Waals surface area contributed by atoms with Crippen LogP contribution in [0.3, 0.4) is 0 Å². The van der Waals surface area contributed by atoms with Crippen molar-refractivity contribution in [2.45, 2.75) is 32.2 Å². The van der Waals surface area contributed by atoms with Gasteiger partial charge >= 0.3 is 6.03 Å². The molecule has 9 nitrogen and oxygen atoms in total. The number of carbonyl (C=O) groups is 2. The Morgan fingerprint density at radius 3 is 2.17 bits per heavy atom. The van der Waals surface area contributed by atoms with Gasteiger partial charge < -0.3 is 29.7 Å². The number of hydrogen-bond acceptors (Lipinski definition) is 6. The first-order chi connectivity index (χ1) is 19.4. The van der Waals surface area contributed by atoms with Gasteiger partial charge in [-0.25, -0.2) is 4.79 Å². The molecule has 3 aromatic carbocycles. The van der Waals surface area contributed by atoms with E-state index in [1.165, 1.54) is 26.9 Å². The first-order valence-corrected chi connectivity index (χ1v) is 13.1. The summed E-state index contributed by atoms with van der Waals surface area (Å²) in [5.74, 6) is 1.79. The second-order valence-electron chi connectivity index (χ2n) is 9.67. The van der Waals surface area contributed by atoms with Crippen LogP contribution in [-0.4, -0.2) is 51.3 Å². The summed E-state index contributed by atoms with van der Waals surface area (Å²) in [7, 11) is 4.61. The van der Waals surface area contributed by atoms with Gasteiger partial charge in [0.25, 0.3) is 5.91 Å². The van der Waals surface area contributed by atoms with Crippen molar-refractivity contribution < 1.29 is 23.8 Å². The molecule has 0 aliphatic carbocycles. The SMILES string of the molecule is COc1cc(CNC(=O)Nc2cc(C(=O)N3CCC(c4ccc(C#N)cc4)CC3)ccc2C)cc(OC)c1OC. The number of ether oxygens (including phenoxy) is 3. The minimum atomic E-state index is -0.398. The molecule has 40 heavy (non-hydrogen) atoms. The van der Waals surface area contributed by atoms with Gasteiger partial charge in [-0.05, 0) is 78.8 Å². The van der Waals surface area contributed by atoms with E-state index in [2.05, 4.69) is 16.7 Å². The highest BCUT2D eigenvalue weighted by molar-refractivity contribution is 5.97. The number of piperidine rings is 1. The van der Waals surface area contributed by atoms with Crippen LogP contribution in [0.4, 0.5) is 10.5 Å². The lowest BCUT2D eigenvalue weighted by atomic mass is 9.89. The molecule has 0 bridgehead atoms. The first-order valence-electron chi connectivity index (χ1n) is 13.1. The van der Waals surface area contributed by atoms with Crippen molar-refractivity contribution in [2.24, 2.45) is 0 Å². The highest BCUT2D eigenvalue weighted by Crippen LogP contribution is 2.38. The molecule has 3 aromatic rings. The van der Waals surface area contributed by atoms with Crippen LogP contribution in [0.5, 0.6) is 17.2 Å². The number of methoxy groups -OCH3 is 3. The van der Waals surface area contributed by atoms with Crippen LogP contribution >= 0.6 is 0 Å². The number of urea groups is 1. The maximum absolute atomic E-state index is 13.3.